The summed E-state index contributed by atoms with van der Waals surface area (Å²) in [5, 5.41) is 6.76. The number of nitrogens with zero attached hydrogens (tertiary/aromatic N) is 2. The zero-order valence-corrected chi connectivity index (χ0v) is 22.2. The lowest BCUT2D eigenvalue weighted by atomic mass is 9.80. The third-order valence-electron chi connectivity index (χ3n) is 8.15. The fraction of sp³-hybridized carbons (Fsp3) is 0.400. The van der Waals surface area contributed by atoms with Crippen molar-refractivity contribution < 1.29 is 28.3 Å². The van der Waals surface area contributed by atoms with E-state index in [9.17, 15) is 19.2 Å². The molecule has 0 bridgehead atoms. The number of furan rings is 1. The lowest BCUT2D eigenvalue weighted by Crippen LogP contribution is -2.63. The molecule has 3 amide bonds. The Bertz CT molecular complexity index is 1430. The average molecular weight is 545 g/mol. The molecule has 2 aromatic carbocycles. The van der Waals surface area contributed by atoms with Crippen LogP contribution in [0.3, 0.4) is 0 Å². The van der Waals surface area contributed by atoms with Crippen LogP contribution in [-0.4, -0.2) is 61.5 Å². The maximum Gasteiger partial charge on any atom is 0.414 e. The number of rotatable bonds is 6. The van der Waals surface area contributed by atoms with Crippen LogP contribution in [0.15, 0.2) is 59.0 Å². The Labute approximate surface area is 231 Å². The summed E-state index contributed by atoms with van der Waals surface area (Å²) in [5.41, 5.74) is 0.987. The molecular formula is C30H32N4O6. The lowest BCUT2D eigenvalue weighted by Gasteiger charge is -2.39. The number of hydrogen-bond donors (Lipinski definition) is 2. The number of ether oxygens (including phenoxy) is 1. The Balaban J connectivity index is 1.15. The van der Waals surface area contributed by atoms with Gasteiger partial charge in [-0.1, -0.05) is 49.6 Å². The largest absolute Gasteiger partial charge is 0.451 e. The van der Waals surface area contributed by atoms with Crippen molar-refractivity contribution in [3.63, 3.8) is 0 Å². The fourth-order valence-corrected chi connectivity index (χ4v) is 5.99. The number of ketones is 1. The molecule has 3 aliphatic rings. The number of benzene rings is 2. The van der Waals surface area contributed by atoms with Crippen LogP contribution >= 0.6 is 0 Å². The SMILES string of the molecule is O=C(NC1(C(=O)NC2CCN(c3ccccc3N3CCOC3=O)CC2=O)CCCCC1)c1cc2ccccc2o1. The Hall–Kier alpha value is -4.34. The molecule has 0 spiro atoms. The number of carbonyl (C=O) groups is 4. The number of hydrogen-bond acceptors (Lipinski definition) is 7. The molecule has 1 aromatic heterocycles. The number of Topliss-reactive ketones (excluding diaryl/α,β-unsaturated/α-hetero) is 1. The van der Waals surface area contributed by atoms with Crippen molar-refractivity contribution >= 4 is 46.0 Å². The summed E-state index contributed by atoms with van der Waals surface area (Å²) in [5.74, 6) is -0.730. The highest BCUT2D eigenvalue weighted by Gasteiger charge is 2.43. The summed E-state index contributed by atoms with van der Waals surface area (Å²) in [4.78, 5) is 55.9. The van der Waals surface area contributed by atoms with Crippen molar-refractivity contribution in [1.82, 2.24) is 10.6 Å². The van der Waals surface area contributed by atoms with E-state index >= 15 is 0 Å². The number of piperidine rings is 1. The van der Waals surface area contributed by atoms with Gasteiger partial charge in [-0.15, -0.1) is 0 Å². The van der Waals surface area contributed by atoms with Gasteiger partial charge in [0.2, 0.25) is 5.91 Å². The van der Waals surface area contributed by atoms with Gasteiger partial charge in [0.15, 0.2) is 11.5 Å². The van der Waals surface area contributed by atoms with E-state index in [4.69, 9.17) is 9.15 Å². The van der Waals surface area contributed by atoms with Gasteiger partial charge < -0.3 is 24.7 Å². The van der Waals surface area contributed by atoms with E-state index in [1.807, 2.05) is 47.4 Å². The summed E-state index contributed by atoms with van der Waals surface area (Å²) in [6.07, 6.45) is 3.59. The van der Waals surface area contributed by atoms with Crippen LogP contribution in [0.1, 0.15) is 49.1 Å². The molecule has 3 fully saturated rings. The molecule has 2 N–H and O–H groups in total. The van der Waals surface area contributed by atoms with Gasteiger partial charge in [-0.3, -0.25) is 19.3 Å². The highest BCUT2D eigenvalue weighted by atomic mass is 16.6. The van der Waals surface area contributed by atoms with E-state index in [2.05, 4.69) is 10.6 Å². The Morgan fingerprint density at radius 3 is 2.40 bits per heavy atom. The molecule has 1 aliphatic carbocycles. The van der Waals surface area contributed by atoms with Crippen molar-refractivity contribution in [2.24, 2.45) is 0 Å². The molecule has 2 aliphatic heterocycles. The highest BCUT2D eigenvalue weighted by molar-refractivity contribution is 6.02. The molecule has 6 rings (SSSR count). The van der Waals surface area contributed by atoms with E-state index < -0.39 is 23.6 Å². The number of amides is 3. The zero-order valence-electron chi connectivity index (χ0n) is 22.2. The number of para-hydroxylation sites is 3. The molecule has 3 heterocycles. The molecule has 1 atom stereocenters. The number of fused-ring (bicyclic) bond motifs is 1. The van der Waals surface area contributed by atoms with Crippen LogP contribution in [0.4, 0.5) is 16.2 Å². The third-order valence-corrected chi connectivity index (χ3v) is 8.15. The first-order chi connectivity index (χ1) is 19.4. The number of carbonyl (C=O) groups excluding carboxylic acids is 4. The van der Waals surface area contributed by atoms with Gasteiger partial charge >= 0.3 is 6.09 Å². The molecule has 208 valence electrons. The van der Waals surface area contributed by atoms with Crippen molar-refractivity contribution in [1.29, 1.82) is 0 Å². The maximum atomic E-state index is 13.7. The predicted molar refractivity (Wildman–Crippen MR) is 148 cm³/mol. The number of nitrogens with one attached hydrogen (secondary N) is 2. The summed E-state index contributed by atoms with van der Waals surface area (Å²) in [6, 6.07) is 15.8. The number of anilines is 2. The van der Waals surface area contributed by atoms with Crippen molar-refractivity contribution in [2.75, 3.05) is 36.0 Å². The van der Waals surface area contributed by atoms with Gasteiger partial charge in [-0.25, -0.2) is 4.79 Å². The second-order valence-corrected chi connectivity index (χ2v) is 10.7. The normalized spacial score (nSPS) is 20.9. The van der Waals surface area contributed by atoms with Crippen molar-refractivity contribution in [3.05, 3.63) is 60.4 Å². The predicted octanol–water partition coefficient (Wildman–Crippen LogP) is 3.79. The van der Waals surface area contributed by atoms with E-state index in [1.54, 1.807) is 17.0 Å². The van der Waals surface area contributed by atoms with Gasteiger partial charge in [-0.05, 0) is 43.5 Å². The maximum absolute atomic E-state index is 13.7. The van der Waals surface area contributed by atoms with Crippen LogP contribution in [0.5, 0.6) is 0 Å². The third kappa shape index (κ3) is 4.89. The second-order valence-electron chi connectivity index (χ2n) is 10.7. The van der Waals surface area contributed by atoms with Crippen LogP contribution < -0.4 is 20.4 Å². The topological polar surface area (TPSA) is 121 Å². The summed E-state index contributed by atoms with van der Waals surface area (Å²) < 4.78 is 10.8. The quantitative estimate of drug-likeness (QED) is 0.484. The molecule has 1 unspecified atom stereocenters. The number of cyclic esters (lactones) is 1. The standard InChI is InChI=1S/C30H32N4O6/c35-24-19-33(22-9-3-4-10-23(22)34-16-17-39-29(34)38)15-12-21(24)31-28(37)30(13-6-1-7-14-30)32-27(36)26-18-20-8-2-5-11-25(20)40-26/h2-5,8-11,18,21H,1,6-7,12-17,19H2,(H,31,37)(H,32,36). The smallest absolute Gasteiger partial charge is 0.414 e. The monoisotopic (exact) mass is 544 g/mol. The summed E-state index contributed by atoms with van der Waals surface area (Å²) in [7, 11) is 0. The van der Waals surface area contributed by atoms with Crippen LogP contribution in [-0.2, 0) is 14.3 Å². The van der Waals surface area contributed by atoms with Crippen molar-refractivity contribution in [2.45, 2.75) is 50.1 Å². The Morgan fingerprint density at radius 1 is 0.925 bits per heavy atom. The van der Waals surface area contributed by atoms with Crippen LogP contribution in [0.2, 0.25) is 0 Å². The molecule has 10 heteroatoms. The van der Waals surface area contributed by atoms with E-state index in [0.29, 0.717) is 50.2 Å². The molecule has 3 aromatic rings. The molecule has 10 nitrogen and oxygen atoms in total. The lowest BCUT2D eigenvalue weighted by molar-refractivity contribution is -0.133. The summed E-state index contributed by atoms with van der Waals surface area (Å²) in [6.45, 7) is 1.41. The first kappa shape index (κ1) is 25.9. The molecule has 2 saturated heterocycles. The van der Waals surface area contributed by atoms with E-state index in [1.165, 1.54) is 0 Å². The van der Waals surface area contributed by atoms with Gasteiger partial charge in [0.1, 0.15) is 17.7 Å². The molecule has 40 heavy (non-hydrogen) atoms. The van der Waals surface area contributed by atoms with E-state index in [-0.39, 0.29) is 24.0 Å². The molecule has 1 saturated carbocycles. The van der Waals surface area contributed by atoms with Gasteiger partial charge in [0.25, 0.3) is 5.91 Å². The minimum atomic E-state index is -1.10. The molecule has 0 radical (unpaired) electrons. The molecular weight excluding hydrogens is 512 g/mol. The van der Waals surface area contributed by atoms with E-state index in [0.717, 1.165) is 30.3 Å². The fourth-order valence-electron chi connectivity index (χ4n) is 5.99. The minimum Gasteiger partial charge on any atom is -0.451 e. The Kier molecular flexibility index (Phi) is 6.91. The van der Waals surface area contributed by atoms with Crippen molar-refractivity contribution in [3.8, 4) is 0 Å². The van der Waals surface area contributed by atoms with Gasteiger partial charge in [0, 0.05) is 11.9 Å². The van der Waals surface area contributed by atoms with Crippen LogP contribution in [0.25, 0.3) is 11.0 Å². The van der Waals surface area contributed by atoms with Crippen LogP contribution in [0, 0.1) is 0 Å². The first-order valence-electron chi connectivity index (χ1n) is 13.9. The first-order valence-corrected chi connectivity index (χ1v) is 13.9. The zero-order chi connectivity index (χ0) is 27.7. The Morgan fingerprint density at radius 2 is 1.68 bits per heavy atom. The van der Waals surface area contributed by atoms with Gasteiger partial charge in [-0.2, -0.15) is 0 Å². The average Bonchev–Trinajstić information content (AvgIpc) is 3.61. The van der Waals surface area contributed by atoms with Gasteiger partial charge in [0.05, 0.1) is 30.5 Å². The summed E-state index contributed by atoms with van der Waals surface area (Å²) >= 11 is 0. The highest BCUT2D eigenvalue weighted by Crippen LogP contribution is 2.33. The second kappa shape index (κ2) is 10.7. The minimum absolute atomic E-state index is 0.100.